The molecule has 7 heteroatoms. The maximum atomic E-state index is 10.9. The minimum absolute atomic E-state index is 0.0425. The van der Waals surface area contributed by atoms with E-state index in [4.69, 9.17) is 5.11 Å². The van der Waals surface area contributed by atoms with Gasteiger partial charge in [-0.25, -0.2) is 4.79 Å². The Morgan fingerprint density at radius 1 is 1.43 bits per heavy atom. The monoisotopic (exact) mass is 283 g/mol. The van der Waals surface area contributed by atoms with E-state index in [-0.39, 0.29) is 10.4 Å². The van der Waals surface area contributed by atoms with E-state index >= 15 is 0 Å². The van der Waals surface area contributed by atoms with Crippen LogP contribution in [0.2, 0.25) is 0 Å². The Bertz CT molecular complexity index is 252. The Morgan fingerprint density at radius 3 is 2.14 bits per heavy atom. The van der Waals surface area contributed by atoms with Crippen molar-refractivity contribution < 1.29 is 19.5 Å². The van der Waals surface area contributed by atoms with Gasteiger partial charge in [0, 0.05) is 19.2 Å². The van der Waals surface area contributed by atoms with Crippen LogP contribution in [0.15, 0.2) is 0 Å². The second-order valence-electron chi connectivity index (χ2n) is 2.54. The van der Waals surface area contributed by atoms with E-state index < -0.39 is 16.7 Å². The molecule has 0 aliphatic carbocycles. The Balaban J connectivity index is 4.87. The molecule has 1 unspecified atom stereocenters. The van der Waals surface area contributed by atoms with Gasteiger partial charge >= 0.3 is 5.97 Å². The van der Waals surface area contributed by atoms with E-state index in [1.807, 2.05) is 0 Å². The smallest absolute Gasteiger partial charge is 0.341 e. The summed E-state index contributed by atoms with van der Waals surface area (Å²) in [6, 6.07) is 0. The summed E-state index contributed by atoms with van der Waals surface area (Å²) in [5.41, 5.74) is 0. The van der Waals surface area contributed by atoms with Crippen molar-refractivity contribution >= 4 is 44.7 Å². The predicted octanol–water partition coefficient (Wildman–Crippen LogP) is 0.578. The zero-order valence-corrected chi connectivity index (χ0v) is 10.1. The van der Waals surface area contributed by atoms with Gasteiger partial charge in [0.05, 0.1) is 0 Å². The molecule has 0 aliphatic heterocycles. The van der Waals surface area contributed by atoms with Crippen LogP contribution in [0.1, 0.15) is 13.8 Å². The standard InChI is InChI=1S/C7H10BrNO4S/c1-4(10)9-7(3-8,6(12)13)14-5(2)11/h3H2,1-2H3,(H,9,10)(H,12,13). The largest absolute Gasteiger partial charge is 0.479 e. The summed E-state index contributed by atoms with van der Waals surface area (Å²) in [6.45, 7) is 2.44. The van der Waals surface area contributed by atoms with Gasteiger partial charge in [-0.2, -0.15) is 0 Å². The van der Waals surface area contributed by atoms with Crippen molar-refractivity contribution in [2.45, 2.75) is 18.7 Å². The number of hydrogen-bond acceptors (Lipinski definition) is 4. The molecule has 0 aromatic heterocycles. The average molecular weight is 284 g/mol. The highest BCUT2D eigenvalue weighted by atomic mass is 79.9. The highest BCUT2D eigenvalue weighted by Crippen LogP contribution is 2.25. The van der Waals surface area contributed by atoms with E-state index in [2.05, 4.69) is 21.2 Å². The molecule has 80 valence electrons. The van der Waals surface area contributed by atoms with E-state index in [1.54, 1.807) is 0 Å². The summed E-state index contributed by atoms with van der Waals surface area (Å²) >= 11 is 3.53. The van der Waals surface area contributed by atoms with E-state index in [0.717, 1.165) is 0 Å². The second kappa shape index (κ2) is 5.35. The van der Waals surface area contributed by atoms with E-state index in [1.165, 1.54) is 13.8 Å². The zero-order valence-electron chi connectivity index (χ0n) is 7.67. The fraction of sp³-hybridized carbons (Fsp3) is 0.571. The van der Waals surface area contributed by atoms with Crippen LogP contribution >= 0.6 is 27.7 Å². The first kappa shape index (κ1) is 13.4. The molecule has 0 fully saturated rings. The number of halogens is 1. The quantitative estimate of drug-likeness (QED) is 0.582. The molecule has 0 saturated heterocycles. The molecule has 0 aromatic carbocycles. The van der Waals surface area contributed by atoms with Crippen molar-refractivity contribution in [3.05, 3.63) is 0 Å². The van der Waals surface area contributed by atoms with Gasteiger partial charge in [-0.05, 0) is 11.8 Å². The molecule has 1 atom stereocenters. The third-order valence-electron chi connectivity index (χ3n) is 1.23. The van der Waals surface area contributed by atoms with Crippen LogP contribution < -0.4 is 5.32 Å². The lowest BCUT2D eigenvalue weighted by Gasteiger charge is -2.25. The van der Waals surface area contributed by atoms with Crippen molar-refractivity contribution in [3.8, 4) is 0 Å². The molecule has 0 rings (SSSR count). The van der Waals surface area contributed by atoms with Crippen LogP contribution in [0.4, 0.5) is 0 Å². The summed E-state index contributed by atoms with van der Waals surface area (Å²) < 4.78 is 0. The average Bonchev–Trinajstić information content (AvgIpc) is 2.00. The molecule has 14 heavy (non-hydrogen) atoms. The molecule has 0 aromatic rings. The molecular weight excluding hydrogens is 274 g/mol. The number of nitrogens with one attached hydrogen (secondary N) is 1. The number of carbonyl (C=O) groups is 3. The molecule has 0 radical (unpaired) electrons. The SMILES string of the molecule is CC(=O)NC(CBr)(SC(C)=O)C(=O)O. The summed E-state index contributed by atoms with van der Waals surface area (Å²) in [5.74, 6) is -1.76. The van der Waals surface area contributed by atoms with Crippen molar-refractivity contribution in [3.63, 3.8) is 0 Å². The molecule has 5 nitrogen and oxygen atoms in total. The number of aliphatic carboxylic acids is 1. The highest BCUT2D eigenvalue weighted by Gasteiger charge is 2.40. The molecular formula is C7H10BrNO4S. The summed E-state index contributed by atoms with van der Waals surface area (Å²) in [6.07, 6.45) is 0. The van der Waals surface area contributed by atoms with E-state index in [0.29, 0.717) is 11.8 Å². The Morgan fingerprint density at radius 2 is 1.93 bits per heavy atom. The predicted molar refractivity (Wildman–Crippen MR) is 56.2 cm³/mol. The zero-order chi connectivity index (χ0) is 11.4. The molecule has 0 heterocycles. The maximum absolute atomic E-state index is 10.9. The second-order valence-corrected chi connectivity index (χ2v) is 4.58. The molecule has 0 saturated carbocycles. The highest BCUT2D eigenvalue weighted by molar-refractivity contribution is 9.09. The number of thioether (sulfide) groups is 1. The number of rotatable bonds is 4. The van der Waals surface area contributed by atoms with Crippen LogP contribution in [0.25, 0.3) is 0 Å². The van der Waals surface area contributed by atoms with Crippen LogP contribution in [-0.4, -0.2) is 32.3 Å². The topological polar surface area (TPSA) is 83.5 Å². The minimum atomic E-state index is -1.61. The summed E-state index contributed by atoms with van der Waals surface area (Å²) in [7, 11) is 0. The van der Waals surface area contributed by atoms with Crippen LogP contribution in [-0.2, 0) is 14.4 Å². The molecule has 1 amide bonds. The number of carbonyl (C=O) groups excluding carboxylic acids is 2. The third kappa shape index (κ3) is 3.67. The molecule has 0 aliphatic rings. The van der Waals surface area contributed by atoms with Gasteiger partial charge in [-0.1, -0.05) is 15.9 Å². The Kier molecular flexibility index (Phi) is 5.14. The van der Waals surface area contributed by atoms with Gasteiger partial charge in [0.2, 0.25) is 10.8 Å². The van der Waals surface area contributed by atoms with Crippen molar-refractivity contribution in [1.82, 2.24) is 5.32 Å². The van der Waals surface area contributed by atoms with Crippen LogP contribution in [0.5, 0.6) is 0 Å². The maximum Gasteiger partial charge on any atom is 0.341 e. The fourth-order valence-corrected chi connectivity index (χ4v) is 2.32. The number of amides is 1. The normalized spacial score (nSPS) is 14.2. The number of carboxylic acids is 1. The lowest BCUT2D eigenvalue weighted by molar-refractivity contribution is -0.142. The third-order valence-corrected chi connectivity index (χ3v) is 3.50. The molecule has 0 spiro atoms. The number of hydrogen-bond donors (Lipinski definition) is 2. The number of alkyl halides is 1. The number of carboxylic acid groups (broad SMARTS) is 1. The molecule has 0 bridgehead atoms. The Hall–Kier alpha value is -0.560. The van der Waals surface area contributed by atoms with Gasteiger partial charge in [0.25, 0.3) is 0 Å². The van der Waals surface area contributed by atoms with Crippen LogP contribution in [0.3, 0.4) is 0 Å². The van der Waals surface area contributed by atoms with Gasteiger partial charge < -0.3 is 10.4 Å². The fourth-order valence-electron chi connectivity index (χ4n) is 0.770. The van der Waals surface area contributed by atoms with E-state index in [9.17, 15) is 14.4 Å². The first-order valence-corrected chi connectivity index (χ1v) is 5.55. The first-order chi connectivity index (χ1) is 6.34. The van der Waals surface area contributed by atoms with Crippen molar-refractivity contribution in [2.24, 2.45) is 0 Å². The Labute approximate surface area is 93.7 Å². The van der Waals surface area contributed by atoms with Crippen molar-refractivity contribution in [1.29, 1.82) is 0 Å². The van der Waals surface area contributed by atoms with Gasteiger partial charge in [0.1, 0.15) is 0 Å². The first-order valence-electron chi connectivity index (χ1n) is 3.62. The van der Waals surface area contributed by atoms with Gasteiger partial charge in [-0.3, -0.25) is 9.59 Å². The van der Waals surface area contributed by atoms with Crippen molar-refractivity contribution in [2.75, 3.05) is 5.33 Å². The molecule has 2 N–H and O–H groups in total. The van der Waals surface area contributed by atoms with Crippen LogP contribution in [0, 0.1) is 0 Å². The summed E-state index contributed by atoms with van der Waals surface area (Å²) in [5, 5.41) is 10.7. The minimum Gasteiger partial charge on any atom is -0.479 e. The van der Waals surface area contributed by atoms with Gasteiger partial charge in [0.15, 0.2) is 5.12 Å². The lowest BCUT2D eigenvalue weighted by Crippen LogP contribution is -2.53. The van der Waals surface area contributed by atoms with Gasteiger partial charge in [-0.15, -0.1) is 0 Å². The lowest BCUT2D eigenvalue weighted by atomic mass is 10.3. The summed E-state index contributed by atoms with van der Waals surface area (Å²) in [4.78, 5) is 30.9.